The lowest BCUT2D eigenvalue weighted by atomic mass is 10.3. The Morgan fingerprint density at radius 2 is 2.42 bits per heavy atom. The van der Waals surface area contributed by atoms with Crippen LogP contribution >= 0.6 is 0 Å². The van der Waals surface area contributed by atoms with E-state index in [2.05, 4.69) is 5.10 Å². The Bertz CT molecular complexity index is 329. The molecule has 2 N–H and O–H groups in total. The molecule has 0 saturated heterocycles. The van der Waals surface area contributed by atoms with Crippen molar-refractivity contribution in [3.63, 3.8) is 0 Å². The van der Waals surface area contributed by atoms with E-state index >= 15 is 0 Å². The minimum Gasteiger partial charge on any atom is -0.368 e. The highest BCUT2D eigenvalue weighted by Gasteiger charge is 2.51. The van der Waals surface area contributed by atoms with E-state index in [1.165, 1.54) is 10.9 Å². The van der Waals surface area contributed by atoms with Gasteiger partial charge in [0.1, 0.15) is 5.54 Å². The minimum atomic E-state index is -0.732. The zero-order valence-corrected chi connectivity index (χ0v) is 6.33. The van der Waals surface area contributed by atoms with Crippen molar-refractivity contribution in [3.8, 4) is 0 Å². The Morgan fingerprint density at radius 1 is 1.75 bits per heavy atom. The molecular formula is C7H8FN3O. The summed E-state index contributed by atoms with van der Waals surface area (Å²) in [7, 11) is 0. The molecule has 1 aliphatic carbocycles. The van der Waals surface area contributed by atoms with E-state index in [-0.39, 0.29) is 0 Å². The summed E-state index contributed by atoms with van der Waals surface area (Å²) in [5.41, 5.74) is 4.42. The number of carbonyl (C=O) groups excluding carboxylic acids is 1. The fourth-order valence-electron chi connectivity index (χ4n) is 1.24. The molecule has 1 aliphatic rings. The Kier molecular flexibility index (Phi) is 1.25. The van der Waals surface area contributed by atoms with Gasteiger partial charge in [-0.05, 0) is 12.8 Å². The van der Waals surface area contributed by atoms with Crippen molar-refractivity contribution in [2.45, 2.75) is 18.4 Å². The van der Waals surface area contributed by atoms with Gasteiger partial charge in [0.25, 0.3) is 0 Å². The van der Waals surface area contributed by atoms with Crippen LogP contribution in [0.4, 0.5) is 4.39 Å². The first kappa shape index (κ1) is 7.27. The van der Waals surface area contributed by atoms with E-state index in [9.17, 15) is 9.18 Å². The number of hydrogen-bond acceptors (Lipinski definition) is 2. The molecule has 0 radical (unpaired) electrons. The standard InChI is InChI=1S/C7H8FN3O/c8-5-3-10-11(4-5)7(1-2-7)6(9)12/h3-4H,1-2H2,(H2,9,12). The average Bonchev–Trinajstić information content (AvgIpc) is 2.71. The summed E-state index contributed by atoms with van der Waals surface area (Å²) in [4.78, 5) is 10.9. The maximum atomic E-state index is 12.5. The summed E-state index contributed by atoms with van der Waals surface area (Å²) < 4.78 is 13.8. The average molecular weight is 169 g/mol. The van der Waals surface area contributed by atoms with Gasteiger partial charge in [-0.25, -0.2) is 4.39 Å². The first-order valence-corrected chi connectivity index (χ1v) is 3.66. The molecule has 5 heteroatoms. The lowest BCUT2D eigenvalue weighted by molar-refractivity contribution is -0.122. The maximum absolute atomic E-state index is 12.5. The Labute approximate surface area is 68.2 Å². The zero-order chi connectivity index (χ0) is 8.77. The predicted octanol–water partition coefficient (Wildman–Crippen LogP) is -0.00340. The highest BCUT2D eigenvalue weighted by Crippen LogP contribution is 2.42. The second kappa shape index (κ2) is 2.06. The third kappa shape index (κ3) is 0.823. The van der Waals surface area contributed by atoms with Gasteiger partial charge < -0.3 is 5.73 Å². The van der Waals surface area contributed by atoms with E-state index in [4.69, 9.17) is 5.73 Å². The smallest absolute Gasteiger partial charge is 0.245 e. The van der Waals surface area contributed by atoms with Crippen molar-refractivity contribution in [1.82, 2.24) is 9.78 Å². The second-order valence-electron chi connectivity index (χ2n) is 3.00. The van der Waals surface area contributed by atoms with Crippen LogP contribution in [0.5, 0.6) is 0 Å². The molecule has 64 valence electrons. The van der Waals surface area contributed by atoms with Crippen molar-refractivity contribution in [2.24, 2.45) is 5.73 Å². The fourth-order valence-corrected chi connectivity index (χ4v) is 1.24. The number of halogens is 1. The van der Waals surface area contributed by atoms with Crippen LogP contribution in [0, 0.1) is 5.82 Å². The molecule has 0 bridgehead atoms. The number of nitrogens with two attached hydrogens (primary N) is 1. The molecule has 0 unspecified atom stereocenters. The van der Waals surface area contributed by atoms with Gasteiger partial charge in [-0.1, -0.05) is 0 Å². The van der Waals surface area contributed by atoms with Crippen molar-refractivity contribution in [2.75, 3.05) is 0 Å². The molecular weight excluding hydrogens is 161 g/mol. The summed E-state index contributed by atoms with van der Waals surface area (Å²) in [6, 6.07) is 0. The topological polar surface area (TPSA) is 60.9 Å². The fraction of sp³-hybridized carbons (Fsp3) is 0.429. The van der Waals surface area contributed by atoms with Crippen molar-refractivity contribution >= 4 is 5.91 Å². The number of carbonyl (C=O) groups is 1. The summed E-state index contributed by atoms with van der Waals surface area (Å²) in [6.45, 7) is 0. The molecule has 1 aromatic heterocycles. The summed E-state index contributed by atoms with van der Waals surface area (Å²) in [5.74, 6) is -0.881. The Balaban J connectivity index is 2.36. The van der Waals surface area contributed by atoms with Gasteiger partial charge >= 0.3 is 0 Å². The number of hydrogen-bond donors (Lipinski definition) is 1. The van der Waals surface area contributed by atoms with Gasteiger partial charge in [-0.15, -0.1) is 0 Å². The first-order chi connectivity index (χ1) is 5.65. The first-order valence-electron chi connectivity index (χ1n) is 3.66. The molecule has 1 fully saturated rings. The molecule has 2 rings (SSSR count). The highest BCUT2D eigenvalue weighted by atomic mass is 19.1. The van der Waals surface area contributed by atoms with Crippen molar-refractivity contribution < 1.29 is 9.18 Å². The number of rotatable bonds is 2. The van der Waals surface area contributed by atoms with Crippen molar-refractivity contribution in [3.05, 3.63) is 18.2 Å². The lowest BCUT2D eigenvalue weighted by Gasteiger charge is -2.09. The van der Waals surface area contributed by atoms with E-state index in [1.807, 2.05) is 0 Å². The largest absolute Gasteiger partial charge is 0.368 e. The second-order valence-corrected chi connectivity index (χ2v) is 3.00. The minimum absolute atomic E-state index is 0.439. The van der Waals surface area contributed by atoms with Crippen LogP contribution in [0.1, 0.15) is 12.8 Å². The maximum Gasteiger partial charge on any atom is 0.245 e. The van der Waals surface area contributed by atoms with E-state index in [0.29, 0.717) is 12.8 Å². The zero-order valence-electron chi connectivity index (χ0n) is 6.33. The molecule has 1 aromatic rings. The van der Waals surface area contributed by atoms with Gasteiger partial charge in [0.2, 0.25) is 5.91 Å². The van der Waals surface area contributed by atoms with Gasteiger partial charge in [0.05, 0.1) is 12.4 Å². The third-order valence-corrected chi connectivity index (χ3v) is 2.17. The quantitative estimate of drug-likeness (QED) is 0.677. The predicted molar refractivity (Wildman–Crippen MR) is 38.6 cm³/mol. The summed E-state index contributed by atoms with van der Waals surface area (Å²) >= 11 is 0. The van der Waals surface area contributed by atoms with Crippen molar-refractivity contribution in [1.29, 1.82) is 0 Å². The molecule has 4 nitrogen and oxygen atoms in total. The molecule has 1 amide bonds. The highest BCUT2D eigenvalue weighted by molar-refractivity contribution is 5.85. The van der Waals surface area contributed by atoms with Crippen LogP contribution in [-0.4, -0.2) is 15.7 Å². The summed E-state index contributed by atoms with van der Waals surface area (Å²) in [5, 5.41) is 3.71. The lowest BCUT2D eigenvalue weighted by Crippen LogP contribution is -2.34. The van der Waals surface area contributed by atoms with E-state index in [0.717, 1.165) is 6.20 Å². The molecule has 0 atom stereocenters. The molecule has 0 aliphatic heterocycles. The Morgan fingerprint density at radius 3 is 2.75 bits per heavy atom. The Hall–Kier alpha value is -1.39. The monoisotopic (exact) mass is 169 g/mol. The SMILES string of the molecule is NC(=O)C1(n2cc(F)cn2)CC1. The molecule has 0 spiro atoms. The van der Waals surface area contributed by atoms with Crippen LogP contribution in [-0.2, 0) is 10.3 Å². The number of nitrogens with zero attached hydrogens (tertiary/aromatic N) is 2. The van der Waals surface area contributed by atoms with Crippen LogP contribution in [0.15, 0.2) is 12.4 Å². The van der Waals surface area contributed by atoms with Crippen LogP contribution in [0.2, 0.25) is 0 Å². The van der Waals surface area contributed by atoms with E-state index < -0.39 is 17.3 Å². The summed E-state index contributed by atoms with van der Waals surface area (Å²) in [6.07, 6.45) is 3.58. The van der Waals surface area contributed by atoms with E-state index in [1.54, 1.807) is 0 Å². The molecule has 1 saturated carbocycles. The molecule has 0 aromatic carbocycles. The normalized spacial score (nSPS) is 19.1. The van der Waals surface area contributed by atoms with Gasteiger partial charge in [-0.2, -0.15) is 5.10 Å². The molecule has 12 heavy (non-hydrogen) atoms. The van der Waals surface area contributed by atoms with Crippen LogP contribution in [0.3, 0.4) is 0 Å². The number of amides is 1. The van der Waals surface area contributed by atoms with Crippen LogP contribution in [0.25, 0.3) is 0 Å². The number of aromatic nitrogens is 2. The third-order valence-electron chi connectivity index (χ3n) is 2.17. The van der Waals surface area contributed by atoms with Gasteiger partial charge in [0, 0.05) is 0 Å². The molecule has 1 heterocycles. The number of primary amides is 1. The van der Waals surface area contributed by atoms with Gasteiger partial charge in [0.15, 0.2) is 5.82 Å². The van der Waals surface area contributed by atoms with Gasteiger partial charge in [-0.3, -0.25) is 9.48 Å². The van der Waals surface area contributed by atoms with Crippen LogP contribution < -0.4 is 5.73 Å².